The average molecular weight is 488 g/mol. The molecule has 4 heterocycles. The minimum absolute atomic E-state index is 0.0381. The van der Waals surface area contributed by atoms with E-state index in [1.165, 1.54) is 5.56 Å². The second-order valence-electron chi connectivity index (χ2n) is 8.62. The Morgan fingerprint density at radius 3 is 2.44 bits per heavy atom. The molecular formula is C27H26ClN5S. The zero-order chi connectivity index (χ0) is 23.8. The number of pyridine rings is 2. The number of aromatic nitrogens is 3. The van der Waals surface area contributed by atoms with Gasteiger partial charge in [-0.25, -0.2) is 0 Å². The van der Waals surface area contributed by atoms with Crippen LogP contribution in [0.5, 0.6) is 0 Å². The highest BCUT2D eigenvalue weighted by molar-refractivity contribution is 7.80. The predicted octanol–water partition coefficient (Wildman–Crippen LogP) is 6.02. The minimum atomic E-state index is -0.0770. The van der Waals surface area contributed by atoms with Crippen LogP contribution in [-0.2, 0) is 6.54 Å². The molecule has 1 saturated heterocycles. The van der Waals surface area contributed by atoms with Gasteiger partial charge in [0.15, 0.2) is 5.11 Å². The Morgan fingerprint density at radius 1 is 0.971 bits per heavy atom. The second-order valence-corrected chi connectivity index (χ2v) is 9.42. The van der Waals surface area contributed by atoms with E-state index in [4.69, 9.17) is 23.8 Å². The first-order valence-corrected chi connectivity index (χ1v) is 12.1. The van der Waals surface area contributed by atoms with Crippen molar-refractivity contribution < 1.29 is 0 Å². The lowest BCUT2D eigenvalue weighted by molar-refractivity contribution is 0.307. The molecule has 0 amide bonds. The number of nitrogens with zero attached hydrogens (tertiary/aromatic N) is 4. The monoisotopic (exact) mass is 487 g/mol. The van der Waals surface area contributed by atoms with Crippen molar-refractivity contribution in [3.8, 4) is 5.69 Å². The maximum atomic E-state index is 6.47. The Bertz CT molecular complexity index is 1340. The van der Waals surface area contributed by atoms with Gasteiger partial charge in [0, 0.05) is 34.5 Å². The van der Waals surface area contributed by atoms with Gasteiger partial charge in [-0.15, -0.1) is 0 Å². The fraction of sp³-hybridized carbons (Fsp3) is 0.222. The summed E-state index contributed by atoms with van der Waals surface area (Å²) in [4.78, 5) is 11.4. The molecule has 0 saturated carbocycles. The smallest absolute Gasteiger partial charge is 0.170 e. The Labute approximate surface area is 210 Å². The molecule has 5 rings (SSSR count). The molecule has 34 heavy (non-hydrogen) atoms. The van der Waals surface area contributed by atoms with E-state index in [2.05, 4.69) is 63.7 Å². The molecule has 1 aromatic carbocycles. The summed E-state index contributed by atoms with van der Waals surface area (Å²) in [6.07, 6.45) is 3.65. The lowest BCUT2D eigenvalue weighted by atomic mass is 9.96. The van der Waals surface area contributed by atoms with E-state index in [0.29, 0.717) is 11.7 Å². The summed E-state index contributed by atoms with van der Waals surface area (Å²) in [6.45, 7) is 6.97. The van der Waals surface area contributed by atoms with Gasteiger partial charge in [0.25, 0.3) is 0 Å². The van der Waals surface area contributed by atoms with Gasteiger partial charge in [-0.1, -0.05) is 29.8 Å². The number of hydrogen-bond acceptors (Lipinski definition) is 3. The highest BCUT2D eigenvalue weighted by atomic mass is 35.5. The minimum Gasteiger partial charge on any atom is -0.352 e. The molecule has 1 aliphatic heterocycles. The number of rotatable bonds is 5. The van der Waals surface area contributed by atoms with E-state index in [1.807, 2.05) is 54.9 Å². The first-order valence-electron chi connectivity index (χ1n) is 11.3. The molecule has 4 aromatic rings. The first kappa shape index (κ1) is 22.6. The Hall–Kier alpha value is -3.22. The lowest BCUT2D eigenvalue weighted by Gasteiger charge is -2.28. The number of hydrogen-bond donors (Lipinski definition) is 1. The average Bonchev–Trinajstić information content (AvgIpc) is 3.32. The molecule has 0 spiro atoms. The Morgan fingerprint density at radius 2 is 1.74 bits per heavy atom. The lowest BCUT2D eigenvalue weighted by Crippen LogP contribution is -2.29. The Kier molecular flexibility index (Phi) is 6.11. The molecule has 172 valence electrons. The van der Waals surface area contributed by atoms with Crippen LogP contribution in [-0.4, -0.2) is 24.5 Å². The van der Waals surface area contributed by atoms with Crippen LogP contribution in [0.1, 0.15) is 46.0 Å². The van der Waals surface area contributed by atoms with Crippen molar-refractivity contribution in [3.63, 3.8) is 0 Å². The van der Waals surface area contributed by atoms with Crippen LogP contribution in [0.2, 0.25) is 5.02 Å². The van der Waals surface area contributed by atoms with Crippen molar-refractivity contribution in [2.45, 2.75) is 39.4 Å². The summed E-state index contributed by atoms with van der Waals surface area (Å²) >= 11 is 12.3. The van der Waals surface area contributed by atoms with Crippen molar-refractivity contribution in [3.05, 3.63) is 112 Å². The molecule has 0 unspecified atom stereocenters. The van der Waals surface area contributed by atoms with Gasteiger partial charge in [-0.2, -0.15) is 0 Å². The summed E-state index contributed by atoms with van der Waals surface area (Å²) < 4.78 is 2.28. The second kappa shape index (κ2) is 9.20. The van der Waals surface area contributed by atoms with Crippen LogP contribution in [0.15, 0.2) is 73.1 Å². The van der Waals surface area contributed by atoms with Crippen molar-refractivity contribution in [1.82, 2.24) is 24.8 Å². The molecule has 0 radical (unpaired) electrons. The molecule has 5 nitrogen and oxygen atoms in total. The van der Waals surface area contributed by atoms with Crippen molar-refractivity contribution in [1.29, 1.82) is 0 Å². The number of nitrogens with one attached hydrogen (secondary N) is 1. The summed E-state index contributed by atoms with van der Waals surface area (Å²) in [5.74, 6) is 0. The van der Waals surface area contributed by atoms with Gasteiger partial charge >= 0.3 is 0 Å². The van der Waals surface area contributed by atoms with Gasteiger partial charge in [-0.05, 0) is 86.6 Å². The summed E-state index contributed by atoms with van der Waals surface area (Å²) in [7, 11) is 0. The van der Waals surface area contributed by atoms with Crippen LogP contribution >= 0.6 is 23.8 Å². The molecule has 3 aromatic heterocycles. The summed E-state index contributed by atoms with van der Waals surface area (Å²) in [5.41, 5.74) is 7.59. The van der Waals surface area contributed by atoms with E-state index in [0.717, 1.165) is 39.0 Å². The molecule has 7 heteroatoms. The first-order chi connectivity index (χ1) is 16.5. The van der Waals surface area contributed by atoms with E-state index in [1.54, 1.807) is 0 Å². The zero-order valence-corrected chi connectivity index (χ0v) is 20.9. The standard InChI is InChI=1S/C27H26ClN5S/c1-17-15-21(19(3)33(17)24-12-8-10-22(28)18(24)2)26-25(23-11-5-7-14-30-23)31-27(34)32(26)16-20-9-4-6-13-29-20/h4-15,25-26H,16H2,1-3H3,(H,31,34)/t25-,26+/m0/s1. The highest BCUT2D eigenvalue weighted by Gasteiger charge is 2.41. The van der Waals surface area contributed by atoms with Crippen molar-refractivity contribution in [2.24, 2.45) is 0 Å². The van der Waals surface area contributed by atoms with Gasteiger partial charge in [0.1, 0.15) is 0 Å². The summed E-state index contributed by atoms with van der Waals surface area (Å²) in [6, 6.07) is 20.2. The third-order valence-electron chi connectivity index (χ3n) is 6.53. The number of thiocarbonyl (C=S) groups is 1. The fourth-order valence-corrected chi connectivity index (χ4v) is 5.35. The van der Waals surface area contributed by atoms with Crippen molar-refractivity contribution in [2.75, 3.05) is 0 Å². The van der Waals surface area contributed by atoms with E-state index >= 15 is 0 Å². The number of aryl methyl sites for hydroxylation is 1. The third-order valence-corrected chi connectivity index (χ3v) is 7.29. The predicted molar refractivity (Wildman–Crippen MR) is 140 cm³/mol. The maximum absolute atomic E-state index is 6.47. The van der Waals surface area contributed by atoms with E-state index in [-0.39, 0.29) is 12.1 Å². The maximum Gasteiger partial charge on any atom is 0.170 e. The SMILES string of the molecule is Cc1c(Cl)cccc1-n1c(C)cc([C@@H]2[C@H](c3ccccn3)NC(=S)N2Cc2ccccn2)c1C. The topological polar surface area (TPSA) is 46.0 Å². The quantitative estimate of drug-likeness (QED) is 0.349. The van der Waals surface area contributed by atoms with Crippen LogP contribution in [0.4, 0.5) is 0 Å². The fourth-order valence-electron chi connectivity index (χ4n) is 4.88. The third kappa shape index (κ3) is 3.97. The Balaban J connectivity index is 1.64. The van der Waals surface area contributed by atoms with Gasteiger partial charge in [-0.3, -0.25) is 9.97 Å². The van der Waals surface area contributed by atoms with Crippen LogP contribution in [0.25, 0.3) is 5.69 Å². The molecule has 1 fully saturated rings. The normalized spacial score (nSPS) is 17.8. The van der Waals surface area contributed by atoms with Gasteiger partial charge in [0.2, 0.25) is 0 Å². The van der Waals surface area contributed by atoms with Gasteiger partial charge in [0.05, 0.1) is 30.0 Å². The molecule has 1 aliphatic rings. The molecule has 0 bridgehead atoms. The van der Waals surface area contributed by atoms with Crippen LogP contribution < -0.4 is 5.32 Å². The zero-order valence-electron chi connectivity index (χ0n) is 19.4. The van der Waals surface area contributed by atoms with Crippen molar-refractivity contribution >= 4 is 28.9 Å². The highest BCUT2D eigenvalue weighted by Crippen LogP contribution is 2.42. The molecular weight excluding hydrogens is 462 g/mol. The van der Waals surface area contributed by atoms with E-state index in [9.17, 15) is 0 Å². The molecule has 2 atom stereocenters. The molecule has 1 N–H and O–H groups in total. The van der Waals surface area contributed by atoms with Crippen LogP contribution in [0, 0.1) is 20.8 Å². The number of benzene rings is 1. The van der Waals surface area contributed by atoms with E-state index < -0.39 is 0 Å². The van der Waals surface area contributed by atoms with Gasteiger partial charge < -0.3 is 14.8 Å². The van der Waals surface area contributed by atoms with Crippen LogP contribution in [0.3, 0.4) is 0 Å². The summed E-state index contributed by atoms with van der Waals surface area (Å²) in [5, 5.41) is 5.01. The number of halogens is 1. The largest absolute Gasteiger partial charge is 0.352 e. The molecule has 0 aliphatic carbocycles.